The molecule has 1 atom stereocenters. The molecule has 0 radical (unpaired) electrons. The van der Waals surface area contributed by atoms with Crippen LogP contribution in [0.5, 0.6) is 0 Å². The van der Waals surface area contributed by atoms with Gasteiger partial charge in [-0.25, -0.2) is 4.98 Å². The number of hydrogen-bond donors (Lipinski definition) is 3. The van der Waals surface area contributed by atoms with Crippen LogP contribution in [0.4, 0.5) is 5.82 Å². The summed E-state index contributed by atoms with van der Waals surface area (Å²) in [6.07, 6.45) is 0.391. The maximum atomic E-state index is 11.2. The van der Waals surface area contributed by atoms with Gasteiger partial charge in [0.2, 0.25) is 5.91 Å². The van der Waals surface area contributed by atoms with Crippen LogP contribution in [0.15, 0.2) is 18.2 Å². The normalized spacial score (nSPS) is 11.9. The minimum Gasteiger partial charge on any atom is -0.394 e. The van der Waals surface area contributed by atoms with Gasteiger partial charge in [-0.3, -0.25) is 4.79 Å². The number of aliphatic hydroxyl groups is 1. The summed E-state index contributed by atoms with van der Waals surface area (Å²) >= 11 is 0. The molecule has 88 valence electrons. The van der Waals surface area contributed by atoms with Crippen LogP contribution in [0.25, 0.3) is 0 Å². The average Bonchev–Trinajstić information content (AvgIpc) is 2.35. The summed E-state index contributed by atoms with van der Waals surface area (Å²) in [5.41, 5.74) is 0.649. The predicted molar refractivity (Wildman–Crippen MR) is 62.0 cm³/mol. The minimum absolute atomic E-state index is 0.101. The minimum atomic E-state index is -0.444. The molecule has 1 rings (SSSR count). The van der Waals surface area contributed by atoms with Crippen LogP contribution >= 0.6 is 0 Å². The van der Waals surface area contributed by atoms with Crippen molar-refractivity contribution in [2.45, 2.75) is 19.4 Å². The second-order valence-corrected chi connectivity index (χ2v) is 3.35. The van der Waals surface area contributed by atoms with Gasteiger partial charge in [0.15, 0.2) is 0 Å². The van der Waals surface area contributed by atoms with E-state index in [4.69, 9.17) is 0 Å². The van der Waals surface area contributed by atoms with E-state index in [1.807, 2.05) is 12.1 Å². The Bertz CT molecular complexity index is 355. The molecule has 0 aliphatic heterocycles. The maximum Gasteiger partial charge on any atom is 0.220 e. The molecule has 1 aromatic rings. The van der Waals surface area contributed by atoms with E-state index in [1.54, 1.807) is 20.0 Å². The number of carbonyl (C=O) groups excluding carboxylic acids is 1. The van der Waals surface area contributed by atoms with E-state index in [1.165, 1.54) is 0 Å². The van der Waals surface area contributed by atoms with Crippen molar-refractivity contribution in [2.75, 3.05) is 19.0 Å². The molecule has 0 saturated carbocycles. The van der Waals surface area contributed by atoms with Crippen molar-refractivity contribution in [3.8, 4) is 0 Å². The van der Waals surface area contributed by atoms with Gasteiger partial charge in [0.05, 0.1) is 18.3 Å². The molecule has 5 nitrogen and oxygen atoms in total. The van der Waals surface area contributed by atoms with E-state index in [2.05, 4.69) is 15.6 Å². The molecule has 0 aliphatic rings. The van der Waals surface area contributed by atoms with E-state index >= 15 is 0 Å². The smallest absolute Gasteiger partial charge is 0.220 e. The number of nitrogens with one attached hydrogen (secondary N) is 2. The zero-order valence-corrected chi connectivity index (χ0v) is 9.53. The Labute approximate surface area is 94.9 Å². The number of hydrogen-bond acceptors (Lipinski definition) is 4. The van der Waals surface area contributed by atoms with Crippen LogP contribution in [-0.2, 0) is 4.79 Å². The van der Waals surface area contributed by atoms with Gasteiger partial charge >= 0.3 is 0 Å². The van der Waals surface area contributed by atoms with Crippen molar-refractivity contribution in [1.82, 2.24) is 10.3 Å². The van der Waals surface area contributed by atoms with Gasteiger partial charge in [0, 0.05) is 13.5 Å². The van der Waals surface area contributed by atoms with Crippen LogP contribution in [-0.4, -0.2) is 29.7 Å². The van der Waals surface area contributed by atoms with Gasteiger partial charge in [-0.2, -0.15) is 0 Å². The molecule has 0 aromatic carbocycles. The second kappa shape index (κ2) is 6.07. The van der Waals surface area contributed by atoms with Crippen molar-refractivity contribution in [3.63, 3.8) is 0 Å². The standard InChI is InChI=1S/C11H17N3O2/c1-3-11(16)14-9(7-15)8-5-4-6-10(12-2)13-8/h4-6,9,15H,3,7H2,1-2H3,(H,12,13)(H,14,16)/t9-/m1/s1. The van der Waals surface area contributed by atoms with E-state index in [0.717, 1.165) is 0 Å². The van der Waals surface area contributed by atoms with Crippen molar-refractivity contribution in [3.05, 3.63) is 23.9 Å². The van der Waals surface area contributed by atoms with Crippen LogP contribution < -0.4 is 10.6 Å². The zero-order chi connectivity index (χ0) is 12.0. The van der Waals surface area contributed by atoms with Gasteiger partial charge in [0.25, 0.3) is 0 Å². The molecule has 0 aliphatic carbocycles. The molecule has 1 aromatic heterocycles. The van der Waals surface area contributed by atoms with Gasteiger partial charge in [-0.1, -0.05) is 13.0 Å². The Balaban J connectivity index is 2.81. The first-order valence-corrected chi connectivity index (χ1v) is 5.26. The third-order valence-electron chi connectivity index (χ3n) is 2.22. The molecule has 0 spiro atoms. The monoisotopic (exact) mass is 223 g/mol. The van der Waals surface area contributed by atoms with Gasteiger partial charge < -0.3 is 15.7 Å². The second-order valence-electron chi connectivity index (χ2n) is 3.35. The van der Waals surface area contributed by atoms with Crippen LogP contribution in [0.1, 0.15) is 25.1 Å². The lowest BCUT2D eigenvalue weighted by Crippen LogP contribution is -2.30. The molecule has 0 fully saturated rings. The first kappa shape index (κ1) is 12.4. The highest BCUT2D eigenvalue weighted by molar-refractivity contribution is 5.76. The van der Waals surface area contributed by atoms with E-state index in [-0.39, 0.29) is 12.5 Å². The molecular weight excluding hydrogens is 206 g/mol. The molecule has 0 saturated heterocycles. The van der Waals surface area contributed by atoms with Crippen LogP contribution in [0, 0.1) is 0 Å². The lowest BCUT2D eigenvalue weighted by atomic mass is 10.2. The summed E-state index contributed by atoms with van der Waals surface area (Å²) < 4.78 is 0. The summed E-state index contributed by atoms with van der Waals surface area (Å²) in [5.74, 6) is 0.609. The molecule has 3 N–H and O–H groups in total. The van der Waals surface area contributed by atoms with Gasteiger partial charge in [-0.05, 0) is 12.1 Å². The number of amides is 1. The summed E-state index contributed by atoms with van der Waals surface area (Å²) in [6, 6.07) is 4.98. The third kappa shape index (κ3) is 3.20. The molecule has 16 heavy (non-hydrogen) atoms. The summed E-state index contributed by atoms with van der Waals surface area (Å²) in [5, 5.41) is 14.8. The van der Waals surface area contributed by atoms with E-state index in [0.29, 0.717) is 17.9 Å². The number of carbonyl (C=O) groups is 1. The third-order valence-corrected chi connectivity index (χ3v) is 2.22. The first-order chi connectivity index (χ1) is 7.71. The van der Waals surface area contributed by atoms with Crippen molar-refractivity contribution < 1.29 is 9.90 Å². The fourth-order valence-corrected chi connectivity index (χ4v) is 1.29. The Morgan fingerprint density at radius 3 is 2.88 bits per heavy atom. The van der Waals surface area contributed by atoms with E-state index < -0.39 is 6.04 Å². The average molecular weight is 223 g/mol. The number of aromatic nitrogens is 1. The number of nitrogens with zero attached hydrogens (tertiary/aromatic N) is 1. The molecule has 0 unspecified atom stereocenters. The van der Waals surface area contributed by atoms with Crippen molar-refractivity contribution in [2.24, 2.45) is 0 Å². The topological polar surface area (TPSA) is 74.2 Å². The zero-order valence-electron chi connectivity index (χ0n) is 9.53. The van der Waals surface area contributed by atoms with Crippen molar-refractivity contribution >= 4 is 11.7 Å². The van der Waals surface area contributed by atoms with E-state index in [9.17, 15) is 9.90 Å². The summed E-state index contributed by atoms with van der Waals surface area (Å²) in [7, 11) is 1.77. The fraction of sp³-hybridized carbons (Fsp3) is 0.455. The number of pyridine rings is 1. The Morgan fingerprint density at radius 1 is 1.56 bits per heavy atom. The molecular formula is C11H17N3O2. The summed E-state index contributed by atoms with van der Waals surface area (Å²) in [6.45, 7) is 1.60. The summed E-state index contributed by atoms with van der Waals surface area (Å²) in [4.78, 5) is 15.5. The molecule has 1 amide bonds. The highest BCUT2D eigenvalue weighted by atomic mass is 16.3. The van der Waals surface area contributed by atoms with Crippen molar-refractivity contribution in [1.29, 1.82) is 0 Å². The molecule has 5 heteroatoms. The SMILES string of the molecule is CCC(=O)N[C@H](CO)c1cccc(NC)n1. The lowest BCUT2D eigenvalue weighted by molar-refractivity contribution is -0.121. The molecule has 1 heterocycles. The maximum absolute atomic E-state index is 11.2. The fourth-order valence-electron chi connectivity index (χ4n) is 1.29. The first-order valence-electron chi connectivity index (χ1n) is 5.26. The van der Waals surface area contributed by atoms with Crippen LogP contribution in [0.2, 0.25) is 0 Å². The lowest BCUT2D eigenvalue weighted by Gasteiger charge is -2.15. The van der Waals surface area contributed by atoms with Crippen LogP contribution in [0.3, 0.4) is 0 Å². The quantitative estimate of drug-likeness (QED) is 0.686. The Morgan fingerprint density at radius 2 is 2.31 bits per heavy atom. The number of anilines is 1. The Hall–Kier alpha value is -1.62. The molecule has 0 bridgehead atoms. The predicted octanol–water partition coefficient (Wildman–Crippen LogP) is 0.683. The largest absolute Gasteiger partial charge is 0.394 e. The highest BCUT2D eigenvalue weighted by Gasteiger charge is 2.13. The number of rotatable bonds is 5. The Kier molecular flexibility index (Phi) is 4.72. The highest BCUT2D eigenvalue weighted by Crippen LogP contribution is 2.12. The van der Waals surface area contributed by atoms with Gasteiger partial charge in [0.1, 0.15) is 5.82 Å². The van der Waals surface area contributed by atoms with Gasteiger partial charge in [-0.15, -0.1) is 0 Å². The number of aliphatic hydroxyl groups excluding tert-OH is 1.